The fourth-order valence-electron chi connectivity index (χ4n) is 5.19. The van der Waals surface area contributed by atoms with Crippen molar-refractivity contribution in [3.63, 3.8) is 0 Å². The average molecular weight is 514 g/mol. The van der Waals surface area contributed by atoms with Crippen molar-refractivity contribution in [2.75, 3.05) is 25.0 Å². The fraction of sp³-hybridized carbons (Fsp3) is 0.286. The first-order valence-electron chi connectivity index (χ1n) is 12.8. The van der Waals surface area contributed by atoms with Gasteiger partial charge >= 0.3 is 0 Å². The molecule has 4 N–H and O–H groups in total. The highest BCUT2D eigenvalue weighted by Gasteiger charge is 2.37. The van der Waals surface area contributed by atoms with Crippen LogP contribution in [0.15, 0.2) is 67.0 Å². The third kappa shape index (κ3) is 4.70. The molecule has 4 heterocycles. The van der Waals surface area contributed by atoms with Gasteiger partial charge in [-0.15, -0.1) is 0 Å². The molecular weight excluding hydrogens is 485 g/mol. The topological polar surface area (TPSA) is 117 Å². The fourth-order valence-corrected chi connectivity index (χ4v) is 5.19. The molecule has 1 saturated heterocycles. The quantitative estimate of drug-likeness (QED) is 0.308. The molecule has 6 rings (SSSR count). The Morgan fingerprint density at radius 3 is 2.74 bits per heavy atom. The highest BCUT2D eigenvalue weighted by atomic mass is 19.1. The Morgan fingerprint density at radius 1 is 1.08 bits per heavy atom. The van der Waals surface area contributed by atoms with E-state index in [0.29, 0.717) is 35.7 Å². The van der Waals surface area contributed by atoms with E-state index in [1.165, 1.54) is 6.07 Å². The standard InChI is InChI=1S/C28H28FN7O2/c29-21-5-2-6-23-24(21)22(9-16-38-23)32-26(37)19-3-1-4-20(17-19)34-28(10-14-31-15-11-28)27-33-25(35-36-27)18-7-12-30-13-8-18/h1-8,12-13,17,22,31,34H,9-11,14-16H2,(H,32,37)(H,33,35,36)/t22-/m1/s1. The van der Waals surface area contributed by atoms with Gasteiger partial charge in [0.1, 0.15) is 11.6 Å². The number of piperidine rings is 1. The maximum atomic E-state index is 14.5. The van der Waals surface area contributed by atoms with Crippen LogP contribution in [-0.2, 0) is 5.54 Å². The number of fused-ring (bicyclic) bond motifs is 1. The predicted octanol–water partition coefficient (Wildman–Crippen LogP) is 3.95. The smallest absolute Gasteiger partial charge is 0.251 e. The van der Waals surface area contributed by atoms with E-state index < -0.39 is 11.6 Å². The van der Waals surface area contributed by atoms with Gasteiger partial charge < -0.3 is 20.7 Å². The molecule has 0 unspecified atom stereocenters. The van der Waals surface area contributed by atoms with Crippen molar-refractivity contribution in [2.24, 2.45) is 0 Å². The van der Waals surface area contributed by atoms with Crippen LogP contribution < -0.4 is 20.7 Å². The first kappa shape index (κ1) is 24.1. The summed E-state index contributed by atoms with van der Waals surface area (Å²) in [5.74, 6) is 1.18. The van der Waals surface area contributed by atoms with Gasteiger partial charge in [-0.1, -0.05) is 12.1 Å². The zero-order valence-electron chi connectivity index (χ0n) is 20.7. The number of hydrogen-bond acceptors (Lipinski definition) is 7. The summed E-state index contributed by atoms with van der Waals surface area (Å²) in [5.41, 5.74) is 2.07. The minimum absolute atomic E-state index is 0.270. The lowest BCUT2D eigenvalue weighted by molar-refractivity contribution is 0.0923. The Morgan fingerprint density at radius 2 is 1.89 bits per heavy atom. The molecule has 4 aromatic rings. The number of nitrogens with one attached hydrogen (secondary N) is 4. The van der Waals surface area contributed by atoms with Gasteiger partial charge in [-0.3, -0.25) is 14.9 Å². The number of carbonyl (C=O) groups is 1. The number of aromatic nitrogens is 4. The Labute approximate surface area is 219 Å². The molecule has 2 aliphatic heterocycles. The Kier molecular flexibility index (Phi) is 6.47. The van der Waals surface area contributed by atoms with E-state index in [1.54, 1.807) is 30.6 Å². The number of amides is 1. The van der Waals surface area contributed by atoms with E-state index in [1.807, 2.05) is 30.3 Å². The van der Waals surface area contributed by atoms with Crippen LogP contribution in [0.4, 0.5) is 10.1 Å². The lowest BCUT2D eigenvalue weighted by atomic mass is 9.87. The first-order valence-corrected chi connectivity index (χ1v) is 12.8. The van der Waals surface area contributed by atoms with Crippen LogP contribution in [0.3, 0.4) is 0 Å². The third-order valence-electron chi connectivity index (χ3n) is 7.17. The summed E-state index contributed by atoms with van der Waals surface area (Å²) >= 11 is 0. The number of pyridine rings is 1. The van der Waals surface area contributed by atoms with Crippen molar-refractivity contribution in [1.29, 1.82) is 0 Å². The van der Waals surface area contributed by atoms with Gasteiger partial charge in [0.15, 0.2) is 11.6 Å². The summed E-state index contributed by atoms with van der Waals surface area (Å²) in [6.45, 7) is 2.04. The van der Waals surface area contributed by atoms with E-state index in [9.17, 15) is 9.18 Å². The maximum absolute atomic E-state index is 14.5. The number of benzene rings is 2. The largest absolute Gasteiger partial charge is 0.493 e. The summed E-state index contributed by atoms with van der Waals surface area (Å²) in [7, 11) is 0. The van der Waals surface area contributed by atoms with Crippen LogP contribution in [0.5, 0.6) is 5.75 Å². The van der Waals surface area contributed by atoms with Crippen LogP contribution in [0.1, 0.15) is 47.1 Å². The molecule has 0 aliphatic carbocycles. The molecule has 1 amide bonds. The van der Waals surface area contributed by atoms with Gasteiger partial charge in [0, 0.05) is 35.6 Å². The number of halogens is 1. The second-order valence-electron chi connectivity index (χ2n) is 9.60. The minimum Gasteiger partial charge on any atom is -0.493 e. The SMILES string of the molecule is O=C(N[C@@H]1CCOc2cccc(F)c21)c1cccc(NC2(c3nc(-c4ccncc4)n[nH]3)CCNCC2)c1. The van der Waals surface area contributed by atoms with Gasteiger partial charge in [-0.05, 0) is 68.4 Å². The van der Waals surface area contributed by atoms with Crippen LogP contribution >= 0.6 is 0 Å². The number of ether oxygens (including phenoxy) is 1. The van der Waals surface area contributed by atoms with Gasteiger partial charge in [0.25, 0.3) is 5.91 Å². The number of anilines is 1. The van der Waals surface area contributed by atoms with Crippen molar-refractivity contribution < 1.29 is 13.9 Å². The molecule has 1 fully saturated rings. The molecule has 194 valence electrons. The monoisotopic (exact) mass is 513 g/mol. The molecule has 2 aliphatic rings. The lowest BCUT2D eigenvalue weighted by Gasteiger charge is -2.37. The number of hydrogen-bond donors (Lipinski definition) is 4. The van der Waals surface area contributed by atoms with Crippen molar-refractivity contribution in [3.8, 4) is 17.1 Å². The molecule has 0 spiro atoms. The summed E-state index contributed by atoms with van der Waals surface area (Å²) in [5, 5.41) is 17.7. The normalized spacial score (nSPS) is 18.2. The van der Waals surface area contributed by atoms with Crippen LogP contribution in [0.25, 0.3) is 11.4 Å². The average Bonchev–Trinajstić information content (AvgIpc) is 3.46. The molecule has 0 bridgehead atoms. The van der Waals surface area contributed by atoms with Crippen molar-refractivity contribution in [1.82, 2.24) is 30.8 Å². The van der Waals surface area contributed by atoms with Crippen LogP contribution in [0, 0.1) is 5.82 Å². The zero-order chi connectivity index (χ0) is 26.0. The zero-order valence-corrected chi connectivity index (χ0v) is 20.7. The predicted molar refractivity (Wildman–Crippen MR) is 140 cm³/mol. The molecule has 38 heavy (non-hydrogen) atoms. The molecular formula is C28H28FN7O2. The van der Waals surface area contributed by atoms with E-state index >= 15 is 0 Å². The Bertz CT molecular complexity index is 1440. The molecule has 9 nitrogen and oxygen atoms in total. The van der Waals surface area contributed by atoms with Gasteiger partial charge in [-0.2, -0.15) is 5.10 Å². The van der Waals surface area contributed by atoms with E-state index in [0.717, 1.165) is 43.0 Å². The molecule has 1 atom stereocenters. The molecule has 2 aromatic heterocycles. The summed E-state index contributed by atoms with van der Waals surface area (Å²) in [4.78, 5) is 22.1. The number of aromatic amines is 1. The summed E-state index contributed by atoms with van der Waals surface area (Å²) in [6.07, 6.45) is 5.50. The van der Waals surface area contributed by atoms with Gasteiger partial charge in [-0.25, -0.2) is 9.37 Å². The highest BCUT2D eigenvalue weighted by Crippen LogP contribution is 2.35. The summed E-state index contributed by atoms with van der Waals surface area (Å²) in [6, 6.07) is 15.4. The number of carbonyl (C=O) groups excluding carboxylic acids is 1. The van der Waals surface area contributed by atoms with Crippen molar-refractivity contribution in [3.05, 3.63) is 89.8 Å². The molecule has 2 aromatic carbocycles. The van der Waals surface area contributed by atoms with E-state index in [-0.39, 0.29) is 11.7 Å². The van der Waals surface area contributed by atoms with Crippen LogP contribution in [-0.4, -0.2) is 45.8 Å². The summed E-state index contributed by atoms with van der Waals surface area (Å²) < 4.78 is 20.1. The molecule has 0 saturated carbocycles. The van der Waals surface area contributed by atoms with Gasteiger partial charge in [0.05, 0.1) is 23.8 Å². The molecule has 0 radical (unpaired) electrons. The molecule has 10 heteroatoms. The van der Waals surface area contributed by atoms with Crippen LogP contribution in [0.2, 0.25) is 0 Å². The Balaban J connectivity index is 1.24. The number of nitrogens with zero attached hydrogens (tertiary/aromatic N) is 3. The maximum Gasteiger partial charge on any atom is 0.251 e. The second-order valence-corrected chi connectivity index (χ2v) is 9.60. The second kappa shape index (κ2) is 10.2. The van der Waals surface area contributed by atoms with Gasteiger partial charge in [0.2, 0.25) is 0 Å². The lowest BCUT2D eigenvalue weighted by Crippen LogP contribution is -2.46. The minimum atomic E-state index is -0.485. The first-order chi connectivity index (χ1) is 18.6. The van der Waals surface area contributed by atoms with E-state index in [4.69, 9.17) is 9.72 Å². The Hall–Kier alpha value is -4.31. The van der Waals surface area contributed by atoms with Crippen molar-refractivity contribution >= 4 is 11.6 Å². The number of rotatable bonds is 6. The van der Waals surface area contributed by atoms with E-state index in [2.05, 4.69) is 31.1 Å². The van der Waals surface area contributed by atoms with Crippen molar-refractivity contribution in [2.45, 2.75) is 30.8 Å². The number of H-pyrrole nitrogens is 1. The third-order valence-corrected chi connectivity index (χ3v) is 7.17. The highest BCUT2D eigenvalue weighted by molar-refractivity contribution is 5.95.